The van der Waals surface area contributed by atoms with E-state index in [0.717, 1.165) is 19.4 Å². The van der Waals surface area contributed by atoms with Gasteiger partial charge in [-0.15, -0.1) is 11.3 Å². The van der Waals surface area contributed by atoms with E-state index in [1.54, 1.807) is 18.2 Å². The highest BCUT2D eigenvalue weighted by molar-refractivity contribution is 7.10. The highest BCUT2D eigenvalue weighted by Crippen LogP contribution is 2.34. The van der Waals surface area contributed by atoms with Crippen molar-refractivity contribution in [1.82, 2.24) is 4.90 Å². The Kier molecular flexibility index (Phi) is 4.80. The Bertz CT molecular complexity index is 644. The van der Waals surface area contributed by atoms with Gasteiger partial charge in [-0.3, -0.25) is 0 Å². The highest BCUT2D eigenvalue weighted by atomic mass is 32.1. The number of aliphatic hydroxyl groups is 1. The smallest absolute Gasteiger partial charge is 0.348 e. The number of likely N-dealkylation sites (tertiary alicyclic amines) is 1. The first-order valence-corrected chi connectivity index (χ1v) is 8.70. The Labute approximate surface area is 140 Å². The van der Waals surface area contributed by atoms with E-state index >= 15 is 0 Å². The number of ether oxygens (including phenoxy) is 1. The maximum Gasteiger partial charge on any atom is 0.348 e. The van der Waals surface area contributed by atoms with Crippen LogP contribution < -0.4 is 0 Å². The molecule has 1 aromatic heterocycles. The minimum atomic E-state index is -1.74. The van der Waals surface area contributed by atoms with Crippen LogP contribution in [0.4, 0.5) is 0 Å². The van der Waals surface area contributed by atoms with Crippen LogP contribution in [0.15, 0.2) is 47.8 Å². The predicted molar refractivity (Wildman–Crippen MR) is 90.4 cm³/mol. The molecular formula is C18H21NO3S. The molecule has 0 saturated carbocycles. The van der Waals surface area contributed by atoms with E-state index in [4.69, 9.17) is 4.74 Å². The summed E-state index contributed by atoms with van der Waals surface area (Å²) in [6.07, 6.45) is 1.67. The largest absolute Gasteiger partial charge is 0.458 e. The Morgan fingerprint density at radius 1 is 1.30 bits per heavy atom. The van der Waals surface area contributed by atoms with E-state index in [1.807, 2.05) is 36.7 Å². The number of benzene rings is 1. The minimum Gasteiger partial charge on any atom is -0.458 e. The molecule has 1 fully saturated rings. The van der Waals surface area contributed by atoms with Crippen LogP contribution in [0.25, 0.3) is 0 Å². The van der Waals surface area contributed by atoms with Crippen LogP contribution in [0.2, 0.25) is 0 Å². The fraction of sp³-hybridized carbons (Fsp3) is 0.389. The second kappa shape index (κ2) is 6.83. The van der Waals surface area contributed by atoms with Crippen LogP contribution in [0.1, 0.15) is 23.3 Å². The molecule has 1 saturated heterocycles. The second-order valence-electron chi connectivity index (χ2n) is 5.99. The lowest BCUT2D eigenvalue weighted by atomic mass is 9.92. The van der Waals surface area contributed by atoms with Crippen molar-refractivity contribution >= 4 is 17.3 Å². The van der Waals surface area contributed by atoms with Crippen LogP contribution in [-0.4, -0.2) is 42.2 Å². The molecule has 2 unspecified atom stereocenters. The number of carbonyl (C=O) groups excluding carboxylic acids is 1. The number of hydrogen-bond acceptors (Lipinski definition) is 5. The molecule has 0 spiro atoms. The Hall–Kier alpha value is -1.69. The Balaban J connectivity index is 1.88. The summed E-state index contributed by atoms with van der Waals surface area (Å²) in [6, 6.07) is 12.6. The molecular weight excluding hydrogens is 310 g/mol. The zero-order chi connectivity index (χ0) is 16.3. The minimum absolute atomic E-state index is 0.170. The maximum absolute atomic E-state index is 12.9. The molecule has 0 amide bonds. The van der Waals surface area contributed by atoms with Crippen molar-refractivity contribution in [3.63, 3.8) is 0 Å². The number of esters is 1. The van der Waals surface area contributed by atoms with Crippen LogP contribution in [-0.2, 0) is 15.1 Å². The Morgan fingerprint density at radius 2 is 2.09 bits per heavy atom. The topological polar surface area (TPSA) is 49.8 Å². The molecule has 4 nitrogen and oxygen atoms in total. The van der Waals surface area contributed by atoms with Gasteiger partial charge in [-0.1, -0.05) is 36.4 Å². The highest BCUT2D eigenvalue weighted by Gasteiger charge is 2.43. The van der Waals surface area contributed by atoms with Crippen LogP contribution in [0.5, 0.6) is 0 Å². The summed E-state index contributed by atoms with van der Waals surface area (Å²) in [5.74, 6) is -0.591. The number of carbonyl (C=O) groups is 1. The number of thiophene rings is 1. The van der Waals surface area contributed by atoms with E-state index in [1.165, 1.54) is 11.3 Å². The van der Waals surface area contributed by atoms with Gasteiger partial charge >= 0.3 is 5.97 Å². The average molecular weight is 331 g/mol. The van der Waals surface area contributed by atoms with Crippen molar-refractivity contribution in [1.29, 1.82) is 0 Å². The first kappa shape index (κ1) is 16.2. The molecule has 5 heteroatoms. The van der Waals surface area contributed by atoms with Gasteiger partial charge in [0, 0.05) is 12.1 Å². The van der Waals surface area contributed by atoms with Crippen molar-refractivity contribution in [3.05, 3.63) is 58.3 Å². The molecule has 2 atom stereocenters. The van der Waals surface area contributed by atoms with Crippen molar-refractivity contribution < 1.29 is 14.6 Å². The van der Waals surface area contributed by atoms with Gasteiger partial charge < -0.3 is 14.7 Å². The van der Waals surface area contributed by atoms with Crippen LogP contribution in [0.3, 0.4) is 0 Å². The molecule has 3 rings (SSSR count). The second-order valence-corrected chi connectivity index (χ2v) is 6.93. The molecule has 2 heterocycles. The van der Waals surface area contributed by atoms with E-state index < -0.39 is 11.6 Å². The van der Waals surface area contributed by atoms with Crippen molar-refractivity contribution in [2.75, 3.05) is 20.1 Å². The molecule has 122 valence electrons. The van der Waals surface area contributed by atoms with Crippen LogP contribution in [0, 0.1) is 0 Å². The van der Waals surface area contributed by atoms with E-state index in [0.29, 0.717) is 17.0 Å². The van der Waals surface area contributed by atoms with Crippen molar-refractivity contribution in [3.8, 4) is 0 Å². The first-order chi connectivity index (χ1) is 11.1. The van der Waals surface area contributed by atoms with E-state index in [-0.39, 0.29) is 6.10 Å². The third-order valence-corrected chi connectivity index (χ3v) is 5.20. The lowest BCUT2D eigenvalue weighted by Gasteiger charge is -2.32. The Morgan fingerprint density at radius 3 is 2.74 bits per heavy atom. The molecule has 0 aliphatic carbocycles. The summed E-state index contributed by atoms with van der Waals surface area (Å²) < 4.78 is 5.68. The lowest BCUT2D eigenvalue weighted by Crippen LogP contribution is -2.44. The zero-order valence-electron chi connectivity index (χ0n) is 13.1. The van der Waals surface area contributed by atoms with Crippen LogP contribution >= 0.6 is 11.3 Å². The van der Waals surface area contributed by atoms with Gasteiger partial charge in [0.05, 0.1) is 4.88 Å². The molecule has 1 aliphatic rings. The standard InChI is InChI=1S/C18H21NO3S/c1-19-11-5-9-15(13-19)22-17(20)18(21,16-10-6-12-23-16)14-7-3-2-4-8-14/h2-4,6-8,10,12,15,21H,5,9,11,13H2,1H3. The molecule has 23 heavy (non-hydrogen) atoms. The maximum atomic E-state index is 12.9. The van der Waals surface area contributed by atoms with Gasteiger partial charge in [0.25, 0.3) is 0 Å². The number of rotatable bonds is 4. The quantitative estimate of drug-likeness (QED) is 0.875. The van der Waals surface area contributed by atoms with Gasteiger partial charge in [-0.05, 0) is 37.9 Å². The number of likely N-dealkylation sites (N-methyl/N-ethyl adjacent to an activating group) is 1. The average Bonchev–Trinajstić information content (AvgIpc) is 3.10. The van der Waals surface area contributed by atoms with Crippen molar-refractivity contribution in [2.24, 2.45) is 0 Å². The normalized spacial score (nSPS) is 21.6. The predicted octanol–water partition coefficient (Wildman–Crippen LogP) is 2.62. The van der Waals surface area contributed by atoms with Gasteiger partial charge in [-0.25, -0.2) is 4.79 Å². The third kappa shape index (κ3) is 3.32. The molecule has 2 aromatic rings. The molecule has 1 N–H and O–H groups in total. The summed E-state index contributed by atoms with van der Waals surface area (Å²) >= 11 is 1.35. The fourth-order valence-corrected chi connectivity index (χ4v) is 3.81. The third-order valence-electron chi connectivity index (χ3n) is 4.22. The number of hydrogen-bond donors (Lipinski definition) is 1. The van der Waals surface area contributed by atoms with Crippen molar-refractivity contribution in [2.45, 2.75) is 24.5 Å². The monoisotopic (exact) mass is 331 g/mol. The molecule has 0 bridgehead atoms. The SMILES string of the molecule is CN1CCCC(OC(=O)C(O)(c2ccccc2)c2cccs2)C1. The molecule has 1 aromatic carbocycles. The lowest BCUT2D eigenvalue weighted by molar-refractivity contribution is -0.169. The van der Waals surface area contributed by atoms with Gasteiger partial charge in [-0.2, -0.15) is 0 Å². The van der Waals surface area contributed by atoms with Gasteiger partial charge in [0.15, 0.2) is 0 Å². The first-order valence-electron chi connectivity index (χ1n) is 7.82. The number of nitrogens with zero attached hydrogens (tertiary/aromatic N) is 1. The fourth-order valence-electron chi connectivity index (χ4n) is 2.98. The summed E-state index contributed by atoms with van der Waals surface area (Å²) in [5, 5.41) is 13.1. The molecule has 1 aliphatic heterocycles. The summed E-state index contributed by atoms with van der Waals surface area (Å²) in [6.45, 7) is 1.73. The summed E-state index contributed by atoms with van der Waals surface area (Å²) in [5.41, 5.74) is -1.21. The molecule has 0 radical (unpaired) electrons. The van der Waals surface area contributed by atoms with Gasteiger partial charge in [0.1, 0.15) is 6.10 Å². The van der Waals surface area contributed by atoms with E-state index in [9.17, 15) is 9.90 Å². The summed E-state index contributed by atoms with van der Waals surface area (Å²) in [4.78, 5) is 15.6. The number of piperidine rings is 1. The van der Waals surface area contributed by atoms with E-state index in [2.05, 4.69) is 4.90 Å². The zero-order valence-corrected chi connectivity index (χ0v) is 14.0. The van der Waals surface area contributed by atoms with Gasteiger partial charge in [0.2, 0.25) is 5.60 Å². The summed E-state index contributed by atoms with van der Waals surface area (Å²) in [7, 11) is 2.02.